The molecule has 0 aliphatic carbocycles. The van der Waals surface area contributed by atoms with Crippen LogP contribution in [0.25, 0.3) is 11.4 Å². The van der Waals surface area contributed by atoms with E-state index in [0.29, 0.717) is 5.16 Å². The third-order valence-electron chi connectivity index (χ3n) is 5.00. The van der Waals surface area contributed by atoms with Gasteiger partial charge < -0.3 is 10.7 Å². The zero-order valence-electron chi connectivity index (χ0n) is 16.3. The molecule has 8 heteroatoms. The highest BCUT2D eigenvalue weighted by Gasteiger charge is 2.38. The topological polar surface area (TPSA) is 71.8 Å². The van der Waals surface area contributed by atoms with Gasteiger partial charge in [-0.1, -0.05) is 88.4 Å². The van der Waals surface area contributed by atoms with E-state index >= 15 is 0 Å². The van der Waals surface area contributed by atoms with Crippen LogP contribution in [0.2, 0.25) is 0 Å². The summed E-state index contributed by atoms with van der Waals surface area (Å²) in [4.78, 5) is 13.3. The van der Waals surface area contributed by atoms with E-state index in [0.717, 1.165) is 27.1 Å². The van der Waals surface area contributed by atoms with Crippen molar-refractivity contribution in [3.05, 3.63) is 95.0 Å². The highest BCUT2D eigenvalue weighted by Crippen LogP contribution is 2.39. The number of hydrogen-bond acceptors (Lipinski definition) is 5. The van der Waals surface area contributed by atoms with Crippen molar-refractivity contribution in [2.45, 2.75) is 16.4 Å². The molecule has 4 aromatic rings. The molecule has 154 valence electrons. The molecule has 1 aliphatic heterocycles. The molecule has 0 saturated carbocycles. The van der Waals surface area contributed by atoms with Gasteiger partial charge >= 0.3 is 0 Å². The number of thioether (sulfide) groups is 1. The number of nitrogens with zero attached hydrogens (tertiary/aromatic N) is 3. The summed E-state index contributed by atoms with van der Waals surface area (Å²) in [5, 5.41) is 12.0. The minimum Gasteiger partial charge on any atom is -0.325 e. The van der Waals surface area contributed by atoms with Crippen molar-refractivity contribution < 1.29 is 4.79 Å². The fourth-order valence-corrected chi connectivity index (χ4v) is 4.83. The maximum Gasteiger partial charge on any atom is 0.240 e. The summed E-state index contributed by atoms with van der Waals surface area (Å²) >= 11 is 4.83. The lowest BCUT2D eigenvalue weighted by Crippen LogP contribution is -2.41. The molecule has 2 atom stereocenters. The molecule has 1 aliphatic rings. The van der Waals surface area contributed by atoms with Crippen LogP contribution in [0.5, 0.6) is 0 Å². The number of halogens is 1. The first-order valence-corrected chi connectivity index (χ1v) is 11.4. The van der Waals surface area contributed by atoms with E-state index in [9.17, 15) is 4.79 Å². The highest BCUT2D eigenvalue weighted by molar-refractivity contribution is 9.10. The fourth-order valence-electron chi connectivity index (χ4n) is 3.49. The quantitative estimate of drug-likeness (QED) is 0.415. The Bertz CT molecular complexity index is 1200. The molecule has 0 bridgehead atoms. The predicted octanol–water partition coefficient (Wildman–Crippen LogP) is 5.11. The van der Waals surface area contributed by atoms with E-state index in [1.54, 1.807) is 0 Å². The summed E-state index contributed by atoms with van der Waals surface area (Å²) in [5.41, 5.74) is 6.21. The molecule has 0 saturated heterocycles. The van der Waals surface area contributed by atoms with Crippen molar-refractivity contribution in [3.8, 4) is 11.4 Å². The van der Waals surface area contributed by atoms with Gasteiger partial charge in [0.25, 0.3) is 0 Å². The van der Waals surface area contributed by atoms with Crippen LogP contribution in [-0.2, 0) is 4.79 Å². The molecule has 2 heterocycles. The van der Waals surface area contributed by atoms with Gasteiger partial charge in [-0.15, -0.1) is 10.2 Å². The minimum absolute atomic E-state index is 0.0933. The van der Waals surface area contributed by atoms with E-state index in [1.807, 2.05) is 89.6 Å². The van der Waals surface area contributed by atoms with E-state index in [1.165, 1.54) is 11.8 Å². The van der Waals surface area contributed by atoms with Gasteiger partial charge in [-0.3, -0.25) is 4.79 Å². The standard InChI is InChI=1S/C23H18BrN5OS/c24-17-11-13-18(14-12-17)25-22(30)20-19(15-7-3-1-4-8-15)28-29-21(26-27-23(29)31-20)16-9-5-2-6-10-16/h1-14,19-20,28H,(H,25,30)/t19-,20-/m1/s1. The lowest BCUT2D eigenvalue weighted by Gasteiger charge is -2.33. The molecule has 0 radical (unpaired) electrons. The van der Waals surface area contributed by atoms with Gasteiger partial charge in [0, 0.05) is 15.7 Å². The summed E-state index contributed by atoms with van der Waals surface area (Å²) < 4.78 is 2.84. The van der Waals surface area contributed by atoms with Gasteiger partial charge in [-0.25, -0.2) is 4.68 Å². The van der Waals surface area contributed by atoms with Crippen molar-refractivity contribution in [2.24, 2.45) is 0 Å². The van der Waals surface area contributed by atoms with Gasteiger partial charge in [0.2, 0.25) is 11.1 Å². The zero-order chi connectivity index (χ0) is 21.2. The van der Waals surface area contributed by atoms with Gasteiger partial charge in [0.05, 0.1) is 6.04 Å². The Morgan fingerprint density at radius 1 is 0.935 bits per heavy atom. The number of fused-ring (bicyclic) bond motifs is 1. The molecule has 1 aromatic heterocycles. The molecule has 31 heavy (non-hydrogen) atoms. The van der Waals surface area contributed by atoms with Crippen LogP contribution >= 0.6 is 27.7 Å². The number of aromatic nitrogens is 3. The van der Waals surface area contributed by atoms with Crippen LogP contribution in [0, 0.1) is 0 Å². The van der Waals surface area contributed by atoms with Gasteiger partial charge in [-0.2, -0.15) is 0 Å². The van der Waals surface area contributed by atoms with E-state index in [-0.39, 0.29) is 11.9 Å². The monoisotopic (exact) mass is 491 g/mol. The SMILES string of the molecule is O=C(Nc1ccc(Br)cc1)[C@@H]1Sc2nnc(-c3ccccc3)n2N[C@@H]1c1ccccc1. The van der Waals surface area contributed by atoms with Gasteiger partial charge in [0.1, 0.15) is 5.25 Å². The summed E-state index contributed by atoms with van der Waals surface area (Å²) in [5.74, 6) is 0.625. The zero-order valence-corrected chi connectivity index (χ0v) is 18.7. The Morgan fingerprint density at radius 2 is 1.61 bits per heavy atom. The third-order valence-corrected chi connectivity index (χ3v) is 6.74. The molecule has 2 N–H and O–H groups in total. The average molecular weight is 492 g/mol. The van der Waals surface area contributed by atoms with Crippen LogP contribution in [0.4, 0.5) is 5.69 Å². The van der Waals surface area contributed by atoms with E-state index in [4.69, 9.17) is 0 Å². The lowest BCUT2D eigenvalue weighted by molar-refractivity contribution is -0.116. The predicted molar refractivity (Wildman–Crippen MR) is 126 cm³/mol. The first-order valence-electron chi connectivity index (χ1n) is 9.74. The molecule has 6 nitrogen and oxygen atoms in total. The normalized spacial score (nSPS) is 17.5. The highest BCUT2D eigenvalue weighted by atomic mass is 79.9. The molecular weight excluding hydrogens is 474 g/mol. The number of rotatable bonds is 4. The summed E-state index contributed by atoms with van der Waals surface area (Å²) in [6.45, 7) is 0. The second-order valence-corrected chi connectivity index (χ2v) is 9.08. The number of carbonyl (C=O) groups is 1. The van der Waals surface area contributed by atoms with Crippen LogP contribution in [0.15, 0.2) is 94.6 Å². The Hall–Kier alpha value is -3.10. The second-order valence-electron chi connectivity index (χ2n) is 7.06. The summed E-state index contributed by atoms with van der Waals surface area (Å²) in [7, 11) is 0. The summed E-state index contributed by atoms with van der Waals surface area (Å²) in [6, 6.07) is 27.2. The molecule has 3 aromatic carbocycles. The number of benzene rings is 3. The lowest BCUT2D eigenvalue weighted by atomic mass is 10.0. The minimum atomic E-state index is -0.425. The largest absolute Gasteiger partial charge is 0.325 e. The van der Waals surface area contributed by atoms with E-state index < -0.39 is 5.25 Å². The van der Waals surface area contributed by atoms with E-state index in [2.05, 4.69) is 36.9 Å². The molecular formula is C23H18BrN5OS. The van der Waals surface area contributed by atoms with Crippen LogP contribution < -0.4 is 10.7 Å². The number of amides is 1. The van der Waals surface area contributed by atoms with Crippen LogP contribution in [0.1, 0.15) is 11.6 Å². The first-order chi connectivity index (χ1) is 15.2. The maximum atomic E-state index is 13.3. The second kappa shape index (κ2) is 8.56. The van der Waals surface area contributed by atoms with Crippen molar-refractivity contribution in [2.75, 3.05) is 10.7 Å². The van der Waals surface area contributed by atoms with Crippen molar-refractivity contribution in [1.29, 1.82) is 0 Å². The number of nitrogens with one attached hydrogen (secondary N) is 2. The van der Waals surface area contributed by atoms with Crippen LogP contribution in [0.3, 0.4) is 0 Å². The molecule has 0 unspecified atom stereocenters. The van der Waals surface area contributed by atoms with Crippen molar-refractivity contribution >= 4 is 39.3 Å². The Morgan fingerprint density at radius 3 is 2.32 bits per heavy atom. The Balaban J connectivity index is 1.50. The fraction of sp³-hybridized carbons (Fsp3) is 0.0870. The summed E-state index contributed by atoms with van der Waals surface area (Å²) in [6.07, 6.45) is 0. The smallest absolute Gasteiger partial charge is 0.240 e. The molecule has 0 fully saturated rings. The van der Waals surface area contributed by atoms with Gasteiger partial charge in [0.15, 0.2) is 5.82 Å². The molecule has 1 amide bonds. The molecule has 5 rings (SSSR count). The Kier molecular flexibility index (Phi) is 5.48. The maximum absolute atomic E-state index is 13.3. The van der Waals surface area contributed by atoms with Crippen molar-refractivity contribution in [1.82, 2.24) is 14.9 Å². The van der Waals surface area contributed by atoms with Crippen LogP contribution in [-0.4, -0.2) is 26.0 Å². The Labute approximate surface area is 192 Å². The number of carbonyl (C=O) groups excluding carboxylic acids is 1. The first kappa shape index (κ1) is 19.8. The molecule has 0 spiro atoms. The number of anilines is 1. The van der Waals surface area contributed by atoms with Gasteiger partial charge in [-0.05, 0) is 29.8 Å². The third kappa shape index (κ3) is 4.08. The van der Waals surface area contributed by atoms with Crippen molar-refractivity contribution in [3.63, 3.8) is 0 Å². The number of hydrogen-bond donors (Lipinski definition) is 2. The average Bonchev–Trinajstić information content (AvgIpc) is 3.24.